The first-order valence-corrected chi connectivity index (χ1v) is 8.57. The minimum atomic E-state index is -0.409. The standard InChI is InChI=1S/C16H14Cl2N2OS/c17-10-6-5-9(12(18)7-10)8-20-16-14(15(19)21)11-3-1-2-4-13(11)22-16/h5-8H,1-4H2,(H2,19,21)/b20-8+. The Hall–Kier alpha value is -1.36. The second-order valence-electron chi connectivity index (χ2n) is 5.18. The van der Waals surface area contributed by atoms with Crippen LogP contribution in [0.3, 0.4) is 0 Å². The van der Waals surface area contributed by atoms with Gasteiger partial charge in [-0.15, -0.1) is 11.3 Å². The molecule has 1 aliphatic carbocycles. The molecule has 2 N–H and O–H groups in total. The molecule has 0 atom stereocenters. The Labute approximate surface area is 142 Å². The van der Waals surface area contributed by atoms with Crippen LogP contribution in [0.1, 0.15) is 39.2 Å². The molecular weight excluding hydrogens is 339 g/mol. The first kappa shape index (κ1) is 15.5. The summed E-state index contributed by atoms with van der Waals surface area (Å²) < 4.78 is 0. The number of primary amides is 1. The number of nitrogens with two attached hydrogens (primary N) is 1. The number of benzene rings is 1. The summed E-state index contributed by atoms with van der Waals surface area (Å²) in [7, 11) is 0. The molecule has 0 radical (unpaired) electrons. The van der Waals surface area contributed by atoms with E-state index in [0.29, 0.717) is 20.6 Å². The van der Waals surface area contributed by atoms with E-state index >= 15 is 0 Å². The molecule has 0 fully saturated rings. The predicted molar refractivity (Wildman–Crippen MR) is 93.2 cm³/mol. The zero-order chi connectivity index (χ0) is 15.7. The number of thiophene rings is 1. The number of hydrogen-bond acceptors (Lipinski definition) is 3. The normalized spacial score (nSPS) is 14.3. The van der Waals surface area contributed by atoms with Crippen LogP contribution in [0, 0.1) is 0 Å². The van der Waals surface area contributed by atoms with Crippen LogP contribution in [-0.2, 0) is 12.8 Å². The lowest BCUT2D eigenvalue weighted by atomic mass is 9.95. The molecule has 6 heteroatoms. The minimum absolute atomic E-state index is 0.409. The third kappa shape index (κ3) is 3.05. The number of aryl methyl sites for hydroxylation is 1. The maximum Gasteiger partial charge on any atom is 0.252 e. The van der Waals surface area contributed by atoms with Gasteiger partial charge in [-0.3, -0.25) is 4.79 Å². The van der Waals surface area contributed by atoms with Gasteiger partial charge < -0.3 is 5.73 Å². The third-order valence-corrected chi connectivity index (χ3v) is 5.44. The summed E-state index contributed by atoms with van der Waals surface area (Å²) >= 11 is 13.6. The van der Waals surface area contributed by atoms with Crippen LogP contribution in [-0.4, -0.2) is 12.1 Å². The summed E-state index contributed by atoms with van der Waals surface area (Å²) in [6.07, 6.45) is 5.80. The lowest BCUT2D eigenvalue weighted by Gasteiger charge is -2.10. The summed E-state index contributed by atoms with van der Waals surface area (Å²) in [5, 5.41) is 1.77. The van der Waals surface area contributed by atoms with Crippen molar-refractivity contribution >= 4 is 51.7 Å². The van der Waals surface area contributed by atoms with Gasteiger partial charge in [0.05, 0.1) is 10.6 Å². The van der Waals surface area contributed by atoms with E-state index in [-0.39, 0.29) is 0 Å². The van der Waals surface area contributed by atoms with E-state index < -0.39 is 5.91 Å². The van der Waals surface area contributed by atoms with E-state index in [9.17, 15) is 4.79 Å². The molecule has 1 aromatic carbocycles. The van der Waals surface area contributed by atoms with Crippen molar-refractivity contribution in [2.75, 3.05) is 0 Å². The molecular formula is C16H14Cl2N2OS. The van der Waals surface area contributed by atoms with Crippen molar-refractivity contribution in [1.29, 1.82) is 0 Å². The van der Waals surface area contributed by atoms with Crippen molar-refractivity contribution in [3.05, 3.63) is 49.8 Å². The van der Waals surface area contributed by atoms with Crippen molar-refractivity contribution < 1.29 is 4.79 Å². The van der Waals surface area contributed by atoms with Crippen LogP contribution in [0.15, 0.2) is 23.2 Å². The van der Waals surface area contributed by atoms with Gasteiger partial charge in [-0.1, -0.05) is 29.3 Å². The van der Waals surface area contributed by atoms with Crippen LogP contribution in [0.4, 0.5) is 5.00 Å². The van der Waals surface area contributed by atoms with E-state index in [4.69, 9.17) is 28.9 Å². The van der Waals surface area contributed by atoms with Crippen molar-refractivity contribution in [1.82, 2.24) is 0 Å². The molecule has 0 saturated heterocycles. The molecule has 114 valence electrons. The van der Waals surface area contributed by atoms with Crippen molar-refractivity contribution in [2.45, 2.75) is 25.7 Å². The van der Waals surface area contributed by atoms with Crippen molar-refractivity contribution in [3.8, 4) is 0 Å². The average molecular weight is 353 g/mol. The van der Waals surface area contributed by atoms with Gasteiger partial charge >= 0.3 is 0 Å². The smallest absolute Gasteiger partial charge is 0.252 e. The number of rotatable bonds is 3. The summed E-state index contributed by atoms with van der Waals surface area (Å²) in [5.41, 5.74) is 7.96. The van der Waals surface area contributed by atoms with E-state index in [1.54, 1.807) is 35.8 Å². The van der Waals surface area contributed by atoms with E-state index in [0.717, 1.165) is 36.8 Å². The van der Waals surface area contributed by atoms with E-state index in [2.05, 4.69) is 4.99 Å². The van der Waals surface area contributed by atoms with E-state index in [1.165, 1.54) is 4.88 Å². The van der Waals surface area contributed by atoms with Gasteiger partial charge in [0.15, 0.2) is 0 Å². The first-order chi connectivity index (χ1) is 10.6. The Kier molecular flexibility index (Phi) is 4.52. The highest BCUT2D eigenvalue weighted by atomic mass is 35.5. The topological polar surface area (TPSA) is 55.5 Å². The molecule has 22 heavy (non-hydrogen) atoms. The Morgan fingerprint density at radius 2 is 2.05 bits per heavy atom. The summed E-state index contributed by atoms with van der Waals surface area (Å²) in [6.45, 7) is 0. The number of nitrogens with zero attached hydrogens (tertiary/aromatic N) is 1. The van der Waals surface area contributed by atoms with Crippen molar-refractivity contribution in [2.24, 2.45) is 10.7 Å². The van der Waals surface area contributed by atoms with Crippen LogP contribution < -0.4 is 5.73 Å². The average Bonchev–Trinajstić information content (AvgIpc) is 2.84. The summed E-state index contributed by atoms with van der Waals surface area (Å²) in [4.78, 5) is 17.5. The molecule has 1 aliphatic rings. The molecule has 1 aromatic heterocycles. The van der Waals surface area contributed by atoms with E-state index in [1.807, 2.05) is 0 Å². The van der Waals surface area contributed by atoms with Crippen molar-refractivity contribution in [3.63, 3.8) is 0 Å². The molecule has 0 saturated carbocycles. The molecule has 3 nitrogen and oxygen atoms in total. The number of carbonyl (C=O) groups excluding carboxylic acids is 1. The predicted octanol–water partition coefficient (Wildman–Crippen LogP) is 4.78. The fourth-order valence-corrected chi connectivity index (χ4v) is 4.33. The lowest BCUT2D eigenvalue weighted by Crippen LogP contribution is -2.14. The minimum Gasteiger partial charge on any atom is -0.365 e. The monoisotopic (exact) mass is 352 g/mol. The molecule has 0 aliphatic heterocycles. The van der Waals surface area contributed by atoms with Gasteiger partial charge in [-0.05, 0) is 43.4 Å². The number of fused-ring (bicyclic) bond motifs is 1. The molecule has 1 amide bonds. The molecule has 3 rings (SSSR count). The quantitative estimate of drug-likeness (QED) is 0.793. The Bertz CT molecular complexity index is 768. The first-order valence-electron chi connectivity index (χ1n) is 6.99. The maximum absolute atomic E-state index is 11.8. The van der Waals surface area contributed by atoms with Gasteiger partial charge in [0.25, 0.3) is 5.91 Å². The van der Waals surface area contributed by atoms with Crippen LogP contribution >= 0.6 is 34.5 Å². The Balaban J connectivity index is 1.99. The highest BCUT2D eigenvalue weighted by Gasteiger charge is 2.23. The third-order valence-electron chi connectivity index (χ3n) is 3.68. The van der Waals surface area contributed by atoms with Gasteiger partial charge in [-0.2, -0.15) is 0 Å². The number of amides is 1. The maximum atomic E-state index is 11.8. The fraction of sp³-hybridized carbons (Fsp3) is 0.250. The molecule has 2 aromatic rings. The fourth-order valence-electron chi connectivity index (χ4n) is 2.63. The highest BCUT2D eigenvalue weighted by molar-refractivity contribution is 7.16. The van der Waals surface area contributed by atoms with Gasteiger partial charge in [0.2, 0.25) is 0 Å². The zero-order valence-corrected chi connectivity index (χ0v) is 14.1. The highest BCUT2D eigenvalue weighted by Crippen LogP contribution is 2.39. The molecule has 1 heterocycles. The van der Waals surface area contributed by atoms with Crippen LogP contribution in [0.5, 0.6) is 0 Å². The number of halogens is 2. The van der Waals surface area contributed by atoms with Gasteiger partial charge in [0.1, 0.15) is 5.00 Å². The SMILES string of the molecule is NC(=O)c1c(/N=C/c2ccc(Cl)cc2Cl)sc2c1CCCC2. The lowest BCUT2D eigenvalue weighted by molar-refractivity contribution is 0.100. The number of carbonyl (C=O) groups is 1. The second kappa shape index (κ2) is 6.41. The second-order valence-corrected chi connectivity index (χ2v) is 7.11. The zero-order valence-electron chi connectivity index (χ0n) is 11.7. The largest absolute Gasteiger partial charge is 0.365 e. The van der Waals surface area contributed by atoms with Gasteiger partial charge in [-0.25, -0.2) is 4.99 Å². The number of aliphatic imine (C=N–C) groups is 1. The molecule has 0 spiro atoms. The molecule has 0 bridgehead atoms. The molecule has 0 unspecified atom stereocenters. The van der Waals surface area contributed by atoms with Gasteiger partial charge in [0, 0.05) is 21.7 Å². The Morgan fingerprint density at radius 1 is 1.27 bits per heavy atom. The summed E-state index contributed by atoms with van der Waals surface area (Å²) in [5.74, 6) is -0.409. The summed E-state index contributed by atoms with van der Waals surface area (Å²) in [6, 6.07) is 5.22. The number of hydrogen-bond donors (Lipinski definition) is 1. The van der Waals surface area contributed by atoms with Crippen LogP contribution in [0.25, 0.3) is 0 Å². The Morgan fingerprint density at radius 3 is 2.77 bits per heavy atom. The van der Waals surface area contributed by atoms with Crippen LogP contribution in [0.2, 0.25) is 10.0 Å².